The van der Waals surface area contributed by atoms with E-state index in [9.17, 15) is 5.11 Å². The molecule has 1 fully saturated rings. The number of nitrogens with zero attached hydrogens (tertiary/aromatic N) is 1. The normalized spacial score (nSPS) is 21.0. The van der Waals surface area contributed by atoms with Crippen LogP contribution < -0.4 is 0 Å². The lowest BCUT2D eigenvalue weighted by Crippen LogP contribution is -1.96. The van der Waals surface area contributed by atoms with Gasteiger partial charge in [-0.25, -0.2) is 0 Å². The Morgan fingerprint density at radius 3 is 3.07 bits per heavy atom. The molecule has 15 heavy (non-hydrogen) atoms. The van der Waals surface area contributed by atoms with E-state index in [4.69, 9.17) is 9.15 Å². The largest absolute Gasteiger partial charge is 0.491 e. The summed E-state index contributed by atoms with van der Waals surface area (Å²) in [6.45, 7) is 3.53. The number of hydrogen-bond donors (Lipinski definition) is 1. The summed E-state index contributed by atoms with van der Waals surface area (Å²) < 4.78 is 10.8. The van der Waals surface area contributed by atoms with Crippen LogP contribution in [0.1, 0.15) is 43.8 Å². The highest BCUT2D eigenvalue weighted by Crippen LogP contribution is 2.29. The molecule has 0 spiro atoms. The van der Waals surface area contributed by atoms with Crippen molar-refractivity contribution in [1.29, 1.82) is 0 Å². The second-order valence-corrected chi connectivity index (χ2v) is 3.96. The Morgan fingerprint density at radius 2 is 2.40 bits per heavy atom. The Bertz CT molecular complexity index is 316. The molecule has 1 aliphatic rings. The number of oxazole rings is 1. The minimum Gasteiger partial charge on any atom is -0.491 e. The molecule has 1 N–H and O–H groups in total. The van der Waals surface area contributed by atoms with Gasteiger partial charge in [-0.3, -0.25) is 0 Å². The van der Waals surface area contributed by atoms with Gasteiger partial charge in [0.1, 0.15) is 0 Å². The van der Waals surface area contributed by atoms with E-state index in [-0.39, 0.29) is 11.8 Å². The van der Waals surface area contributed by atoms with Gasteiger partial charge in [0.25, 0.3) is 5.88 Å². The lowest BCUT2D eigenvalue weighted by Gasteiger charge is -1.99. The average Bonchev–Trinajstić information content (AvgIpc) is 2.83. The second-order valence-electron chi connectivity index (χ2n) is 3.96. The summed E-state index contributed by atoms with van der Waals surface area (Å²) in [5.41, 5.74) is 0. The summed E-state index contributed by atoms with van der Waals surface area (Å²) in [7, 11) is 0. The highest BCUT2D eigenvalue weighted by Gasteiger charge is 2.24. The van der Waals surface area contributed by atoms with Crippen molar-refractivity contribution in [2.45, 2.75) is 38.5 Å². The minimum atomic E-state index is 0.0605. The number of ether oxygens (including phenoxy) is 1. The van der Waals surface area contributed by atoms with Gasteiger partial charge in [0.05, 0.1) is 12.5 Å². The van der Waals surface area contributed by atoms with Gasteiger partial charge in [0.15, 0.2) is 5.76 Å². The smallest absolute Gasteiger partial charge is 0.253 e. The van der Waals surface area contributed by atoms with Crippen molar-refractivity contribution in [2.24, 2.45) is 0 Å². The van der Waals surface area contributed by atoms with E-state index in [0.717, 1.165) is 32.3 Å². The van der Waals surface area contributed by atoms with Crippen molar-refractivity contribution in [3.05, 3.63) is 11.7 Å². The van der Waals surface area contributed by atoms with Crippen LogP contribution in [0.25, 0.3) is 0 Å². The summed E-state index contributed by atoms with van der Waals surface area (Å²) in [5, 5.41) is 9.57. The molecule has 84 valence electrons. The van der Waals surface area contributed by atoms with E-state index in [0.29, 0.717) is 18.3 Å². The third kappa shape index (κ3) is 2.31. The van der Waals surface area contributed by atoms with Crippen molar-refractivity contribution < 1.29 is 14.3 Å². The molecule has 2 rings (SSSR count). The zero-order chi connectivity index (χ0) is 10.7. The van der Waals surface area contributed by atoms with Crippen molar-refractivity contribution >= 4 is 0 Å². The predicted octanol–water partition coefficient (Wildman–Crippen LogP) is 2.23. The lowest BCUT2D eigenvalue weighted by atomic mass is 10.1. The SMILES string of the molecule is CCCCc1oc(C2CCOC2)nc1O. The maximum absolute atomic E-state index is 9.57. The lowest BCUT2D eigenvalue weighted by molar-refractivity contribution is 0.190. The molecule has 0 aromatic carbocycles. The van der Waals surface area contributed by atoms with Crippen molar-refractivity contribution in [3.63, 3.8) is 0 Å². The Morgan fingerprint density at radius 1 is 1.53 bits per heavy atom. The van der Waals surface area contributed by atoms with Gasteiger partial charge in [0, 0.05) is 13.0 Å². The topological polar surface area (TPSA) is 55.5 Å². The molecular weight excluding hydrogens is 194 g/mol. The monoisotopic (exact) mass is 211 g/mol. The first-order chi connectivity index (χ1) is 7.31. The van der Waals surface area contributed by atoms with Crippen LogP contribution in [-0.2, 0) is 11.2 Å². The van der Waals surface area contributed by atoms with Gasteiger partial charge in [-0.1, -0.05) is 13.3 Å². The summed E-state index contributed by atoms with van der Waals surface area (Å²) in [4.78, 5) is 4.05. The van der Waals surface area contributed by atoms with E-state index >= 15 is 0 Å². The molecule has 4 nitrogen and oxygen atoms in total. The quantitative estimate of drug-likeness (QED) is 0.829. The van der Waals surface area contributed by atoms with E-state index in [2.05, 4.69) is 11.9 Å². The van der Waals surface area contributed by atoms with E-state index in [1.807, 2.05) is 0 Å². The molecule has 2 heterocycles. The van der Waals surface area contributed by atoms with Gasteiger partial charge in [0.2, 0.25) is 5.89 Å². The van der Waals surface area contributed by atoms with Crippen molar-refractivity contribution in [3.8, 4) is 5.88 Å². The maximum atomic E-state index is 9.57. The zero-order valence-electron chi connectivity index (χ0n) is 9.03. The molecule has 1 aromatic heterocycles. The van der Waals surface area contributed by atoms with Crippen LogP contribution in [0.3, 0.4) is 0 Å². The second kappa shape index (κ2) is 4.66. The predicted molar refractivity (Wildman–Crippen MR) is 55.0 cm³/mol. The van der Waals surface area contributed by atoms with Gasteiger partial charge in [-0.05, 0) is 12.8 Å². The van der Waals surface area contributed by atoms with Gasteiger partial charge >= 0.3 is 0 Å². The molecule has 4 heteroatoms. The Balaban J connectivity index is 2.06. The van der Waals surface area contributed by atoms with Crippen LogP contribution >= 0.6 is 0 Å². The third-order valence-corrected chi connectivity index (χ3v) is 2.73. The first-order valence-corrected chi connectivity index (χ1v) is 5.57. The number of aryl methyl sites for hydroxylation is 1. The van der Waals surface area contributed by atoms with E-state index in [1.54, 1.807) is 0 Å². The first-order valence-electron chi connectivity index (χ1n) is 5.57. The Kier molecular flexibility index (Phi) is 3.26. The molecule has 0 amide bonds. The molecule has 0 bridgehead atoms. The summed E-state index contributed by atoms with van der Waals surface area (Å²) in [6.07, 6.45) is 3.81. The fourth-order valence-electron chi connectivity index (χ4n) is 1.77. The van der Waals surface area contributed by atoms with Crippen LogP contribution in [0.5, 0.6) is 5.88 Å². The van der Waals surface area contributed by atoms with Gasteiger partial charge in [-0.15, -0.1) is 0 Å². The summed E-state index contributed by atoms with van der Waals surface area (Å²) in [6, 6.07) is 0. The highest BCUT2D eigenvalue weighted by atomic mass is 16.5. The molecule has 1 aliphatic heterocycles. The summed E-state index contributed by atoms with van der Waals surface area (Å²) in [5.74, 6) is 1.55. The summed E-state index contributed by atoms with van der Waals surface area (Å²) >= 11 is 0. The molecule has 1 unspecified atom stereocenters. The highest BCUT2D eigenvalue weighted by molar-refractivity contribution is 5.16. The van der Waals surface area contributed by atoms with Crippen molar-refractivity contribution in [2.75, 3.05) is 13.2 Å². The third-order valence-electron chi connectivity index (χ3n) is 2.73. The number of aromatic hydroxyl groups is 1. The molecule has 1 aromatic rings. The maximum Gasteiger partial charge on any atom is 0.253 e. The molecule has 0 saturated carbocycles. The van der Waals surface area contributed by atoms with E-state index < -0.39 is 0 Å². The van der Waals surface area contributed by atoms with Crippen molar-refractivity contribution in [1.82, 2.24) is 4.98 Å². The van der Waals surface area contributed by atoms with Crippen LogP contribution in [-0.4, -0.2) is 23.3 Å². The molecule has 0 radical (unpaired) electrons. The van der Waals surface area contributed by atoms with Gasteiger partial charge in [-0.2, -0.15) is 4.98 Å². The number of unbranched alkanes of at least 4 members (excludes halogenated alkanes) is 1. The number of aromatic nitrogens is 1. The molecular formula is C11H17NO3. The Hall–Kier alpha value is -1.03. The van der Waals surface area contributed by atoms with Crippen LogP contribution in [0, 0.1) is 0 Å². The van der Waals surface area contributed by atoms with E-state index in [1.165, 1.54) is 0 Å². The van der Waals surface area contributed by atoms with Crippen LogP contribution in [0.2, 0.25) is 0 Å². The number of hydrogen-bond acceptors (Lipinski definition) is 4. The average molecular weight is 211 g/mol. The van der Waals surface area contributed by atoms with Gasteiger partial charge < -0.3 is 14.3 Å². The number of rotatable bonds is 4. The fraction of sp³-hybridized carbons (Fsp3) is 0.727. The minimum absolute atomic E-state index is 0.0605. The molecule has 0 aliphatic carbocycles. The van der Waals surface area contributed by atoms with Crippen LogP contribution in [0.4, 0.5) is 0 Å². The molecule has 1 atom stereocenters. The first kappa shape index (κ1) is 10.5. The fourth-order valence-corrected chi connectivity index (χ4v) is 1.77. The Labute approximate surface area is 89.3 Å². The van der Waals surface area contributed by atoms with Crippen LogP contribution in [0.15, 0.2) is 4.42 Å². The zero-order valence-corrected chi connectivity index (χ0v) is 9.03. The molecule has 1 saturated heterocycles. The standard InChI is InChI=1S/C11H17NO3/c1-2-3-4-9-10(13)12-11(15-9)8-5-6-14-7-8/h8,13H,2-7H2,1H3.